The fourth-order valence-corrected chi connectivity index (χ4v) is 5.43. The second-order valence-electron chi connectivity index (χ2n) is 8.83. The molecule has 0 bridgehead atoms. The zero-order valence-electron chi connectivity index (χ0n) is 18.2. The minimum Gasteiger partial charge on any atom is -0.508 e. The molecule has 0 unspecified atom stereocenters. The van der Waals surface area contributed by atoms with E-state index in [0.717, 1.165) is 59.1 Å². The van der Waals surface area contributed by atoms with Gasteiger partial charge in [-0.1, -0.05) is 92.1 Å². The van der Waals surface area contributed by atoms with Gasteiger partial charge in [0.25, 0.3) is 0 Å². The molecule has 0 amide bonds. The van der Waals surface area contributed by atoms with Crippen LogP contribution in [0.4, 0.5) is 0 Å². The van der Waals surface area contributed by atoms with Gasteiger partial charge in [-0.15, -0.1) is 0 Å². The molecular formula is C30H28O2. The molecular weight excluding hydrogens is 392 g/mol. The van der Waals surface area contributed by atoms with Crippen LogP contribution in [0.25, 0.3) is 22.3 Å². The lowest BCUT2D eigenvalue weighted by atomic mass is 9.62. The summed E-state index contributed by atoms with van der Waals surface area (Å²) in [7, 11) is 0. The van der Waals surface area contributed by atoms with Crippen molar-refractivity contribution in [3.8, 4) is 33.8 Å². The first kappa shape index (κ1) is 20.4. The molecule has 0 spiro atoms. The number of hydrogen-bond donors (Lipinski definition) is 2. The molecule has 2 nitrogen and oxygen atoms in total. The van der Waals surface area contributed by atoms with Gasteiger partial charge in [0.05, 0.1) is 0 Å². The summed E-state index contributed by atoms with van der Waals surface area (Å²) < 4.78 is 0. The Balaban J connectivity index is 1.81. The number of rotatable bonds is 4. The van der Waals surface area contributed by atoms with Gasteiger partial charge in [-0.3, -0.25) is 0 Å². The van der Waals surface area contributed by atoms with Crippen LogP contribution < -0.4 is 0 Å². The van der Waals surface area contributed by atoms with E-state index < -0.39 is 0 Å². The highest BCUT2D eigenvalue weighted by molar-refractivity contribution is 5.76. The average molecular weight is 421 g/mol. The van der Waals surface area contributed by atoms with E-state index in [-0.39, 0.29) is 16.9 Å². The Morgan fingerprint density at radius 2 is 0.938 bits per heavy atom. The van der Waals surface area contributed by atoms with E-state index in [9.17, 15) is 10.2 Å². The molecule has 0 aliphatic heterocycles. The normalized spacial score (nSPS) is 15.4. The summed E-state index contributed by atoms with van der Waals surface area (Å²) in [5.74, 6) is 0.567. The van der Waals surface area contributed by atoms with E-state index in [1.807, 2.05) is 36.4 Å². The molecule has 1 saturated carbocycles. The van der Waals surface area contributed by atoms with Gasteiger partial charge in [-0.25, -0.2) is 0 Å². The third kappa shape index (κ3) is 3.67. The summed E-state index contributed by atoms with van der Waals surface area (Å²) in [6.45, 7) is 0. The minimum absolute atomic E-state index is 0.283. The first-order valence-corrected chi connectivity index (χ1v) is 11.5. The molecule has 4 aromatic rings. The number of phenolic OH excluding ortho intramolecular Hbond substituents is 2. The predicted molar refractivity (Wildman–Crippen MR) is 131 cm³/mol. The van der Waals surface area contributed by atoms with E-state index >= 15 is 0 Å². The highest BCUT2D eigenvalue weighted by atomic mass is 16.3. The smallest absolute Gasteiger partial charge is 0.115 e. The lowest BCUT2D eigenvalue weighted by Crippen LogP contribution is -2.32. The maximum atomic E-state index is 10.6. The Hall–Kier alpha value is -3.52. The van der Waals surface area contributed by atoms with E-state index in [0.29, 0.717) is 0 Å². The van der Waals surface area contributed by atoms with Gasteiger partial charge in [0.15, 0.2) is 0 Å². The van der Waals surface area contributed by atoms with Crippen LogP contribution >= 0.6 is 0 Å². The van der Waals surface area contributed by atoms with Crippen molar-refractivity contribution in [3.05, 3.63) is 108 Å². The first-order chi connectivity index (χ1) is 15.7. The summed E-state index contributed by atoms with van der Waals surface area (Å²) in [5.41, 5.74) is 6.59. The number of phenols is 2. The van der Waals surface area contributed by atoms with Crippen LogP contribution in [0, 0.1) is 0 Å². The molecule has 32 heavy (non-hydrogen) atoms. The molecule has 2 heteroatoms. The van der Waals surface area contributed by atoms with Crippen molar-refractivity contribution < 1.29 is 10.2 Å². The van der Waals surface area contributed by atoms with Crippen molar-refractivity contribution in [1.82, 2.24) is 0 Å². The number of aromatic hydroxyl groups is 2. The molecule has 0 aromatic heterocycles. The summed E-state index contributed by atoms with van der Waals surface area (Å²) >= 11 is 0. The van der Waals surface area contributed by atoms with Crippen LogP contribution in [0.3, 0.4) is 0 Å². The van der Waals surface area contributed by atoms with E-state index in [1.165, 1.54) is 6.42 Å². The van der Waals surface area contributed by atoms with E-state index in [4.69, 9.17) is 0 Å². The maximum absolute atomic E-state index is 10.6. The van der Waals surface area contributed by atoms with Gasteiger partial charge in [-0.05, 0) is 70.5 Å². The van der Waals surface area contributed by atoms with Crippen LogP contribution in [-0.2, 0) is 5.41 Å². The molecule has 5 rings (SSSR count). The summed E-state index contributed by atoms with van der Waals surface area (Å²) in [6, 6.07) is 32.4. The van der Waals surface area contributed by atoms with Crippen LogP contribution in [0.5, 0.6) is 11.5 Å². The highest BCUT2D eigenvalue weighted by Gasteiger charge is 2.39. The second-order valence-corrected chi connectivity index (χ2v) is 8.83. The minimum atomic E-state index is -0.286. The van der Waals surface area contributed by atoms with Crippen molar-refractivity contribution >= 4 is 0 Å². The van der Waals surface area contributed by atoms with Crippen molar-refractivity contribution in [2.75, 3.05) is 0 Å². The zero-order valence-corrected chi connectivity index (χ0v) is 18.2. The maximum Gasteiger partial charge on any atom is 0.115 e. The van der Waals surface area contributed by atoms with Crippen LogP contribution in [-0.4, -0.2) is 10.2 Å². The molecule has 2 N–H and O–H groups in total. The molecule has 160 valence electrons. The quantitative estimate of drug-likeness (QED) is 0.355. The van der Waals surface area contributed by atoms with E-state index in [2.05, 4.69) is 48.5 Å². The van der Waals surface area contributed by atoms with Crippen LogP contribution in [0.1, 0.15) is 43.2 Å². The lowest BCUT2D eigenvalue weighted by molar-refractivity contribution is 0.344. The standard InChI is InChI=1S/C30H28O2/c31-24-14-16-26(22-10-4-1-5-11-22)28(20-24)30(18-8-3-9-19-30)29-21-25(32)15-17-27(29)23-12-6-2-7-13-23/h1-2,4-7,10-17,20-21,31-32H,3,8-9,18-19H2. The largest absolute Gasteiger partial charge is 0.508 e. The van der Waals surface area contributed by atoms with E-state index in [1.54, 1.807) is 12.1 Å². The monoisotopic (exact) mass is 420 g/mol. The van der Waals surface area contributed by atoms with Gasteiger partial charge >= 0.3 is 0 Å². The lowest BCUT2D eigenvalue weighted by Gasteiger charge is -2.41. The van der Waals surface area contributed by atoms with Gasteiger partial charge in [0.2, 0.25) is 0 Å². The highest BCUT2D eigenvalue weighted by Crippen LogP contribution is 2.52. The Morgan fingerprint density at radius 3 is 1.38 bits per heavy atom. The topological polar surface area (TPSA) is 40.5 Å². The van der Waals surface area contributed by atoms with Crippen molar-refractivity contribution in [1.29, 1.82) is 0 Å². The molecule has 0 saturated heterocycles. The third-order valence-corrected chi connectivity index (χ3v) is 6.91. The summed E-state index contributed by atoms with van der Waals surface area (Å²) in [4.78, 5) is 0. The molecule has 1 aliphatic rings. The fourth-order valence-electron chi connectivity index (χ4n) is 5.43. The van der Waals surface area contributed by atoms with Gasteiger partial charge < -0.3 is 10.2 Å². The Labute approximate surface area is 189 Å². The SMILES string of the molecule is Oc1ccc(-c2ccccc2)c(C2(c3cc(O)ccc3-c3ccccc3)CCCCC2)c1. The molecule has 0 radical (unpaired) electrons. The third-order valence-electron chi connectivity index (χ3n) is 6.91. The second kappa shape index (κ2) is 8.55. The van der Waals surface area contributed by atoms with Crippen LogP contribution in [0.15, 0.2) is 97.1 Å². The Morgan fingerprint density at radius 1 is 0.500 bits per heavy atom. The summed E-state index contributed by atoms with van der Waals surface area (Å²) in [5, 5.41) is 21.1. The molecule has 0 heterocycles. The number of benzene rings is 4. The predicted octanol–water partition coefficient (Wildman–Crippen LogP) is 7.68. The van der Waals surface area contributed by atoms with Crippen molar-refractivity contribution in [2.24, 2.45) is 0 Å². The Kier molecular flexibility index (Phi) is 5.45. The molecule has 4 aromatic carbocycles. The molecule has 1 aliphatic carbocycles. The Bertz CT molecular complexity index is 1120. The average Bonchev–Trinajstić information content (AvgIpc) is 2.85. The fraction of sp³-hybridized carbons (Fsp3) is 0.200. The van der Waals surface area contributed by atoms with Crippen LogP contribution in [0.2, 0.25) is 0 Å². The molecule has 0 atom stereocenters. The van der Waals surface area contributed by atoms with Gasteiger partial charge in [0, 0.05) is 5.41 Å². The first-order valence-electron chi connectivity index (χ1n) is 11.5. The number of hydrogen-bond acceptors (Lipinski definition) is 2. The van der Waals surface area contributed by atoms with Crippen molar-refractivity contribution in [2.45, 2.75) is 37.5 Å². The van der Waals surface area contributed by atoms with Gasteiger partial charge in [0.1, 0.15) is 11.5 Å². The van der Waals surface area contributed by atoms with Crippen molar-refractivity contribution in [3.63, 3.8) is 0 Å². The van der Waals surface area contributed by atoms with Gasteiger partial charge in [-0.2, -0.15) is 0 Å². The zero-order chi connectivity index (χ0) is 22.0. The molecule has 1 fully saturated rings. The summed E-state index contributed by atoms with van der Waals surface area (Å²) in [6.07, 6.45) is 5.42.